The topological polar surface area (TPSA) is 15.3 Å². The van der Waals surface area contributed by atoms with Crippen LogP contribution in [0.25, 0.3) is 0 Å². The molecule has 1 aromatic carbocycles. The second-order valence-corrected chi connectivity index (χ2v) is 4.38. The Labute approximate surface area is 125 Å². The van der Waals surface area contributed by atoms with Crippen molar-refractivity contribution >= 4 is 36.4 Å². The van der Waals surface area contributed by atoms with E-state index in [0.29, 0.717) is 5.02 Å². The molecule has 1 aliphatic heterocycles. The molecule has 1 aliphatic rings. The smallest absolute Gasteiger partial charge is 0.109 e. The maximum absolute atomic E-state index is 13.2. The van der Waals surface area contributed by atoms with Crippen LogP contribution in [0.4, 0.5) is 4.39 Å². The SMILES string of the molecule is Cl.Cl.FC[C@H](c1ccccc1Cl)N1CCNCC1. The first-order chi connectivity index (χ1) is 7.83. The second kappa shape index (κ2) is 8.94. The first-order valence-corrected chi connectivity index (χ1v) is 5.96. The maximum Gasteiger partial charge on any atom is 0.109 e. The first-order valence-electron chi connectivity index (χ1n) is 5.58. The van der Waals surface area contributed by atoms with Crippen LogP contribution in [0.2, 0.25) is 5.02 Å². The predicted octanol–water partition coefficient (Wildman–Crippen LogP) is 3.10. The molecule has 2 nitrogen and oxygen atoms in total. The van der Waals surface area contributed by atoms with Crippen molar-refractivity contribution < 1.29 is 4.39 Å². The molecule has 0 radical (unpaired) electrons. The summed E-state index contributed by atoms with van der Waals surface area (Å²) in [5.41, 5.74) is 0.897. The normalized spacial score (nSPS) is 17.4. The van der Waals surface area contributed by atoms with Gasteiger partial charge < -0.3 is 5.32 Å². The number of hydrogen-bond donors (Lipinski definition) is 1. The lowest BCUT2D eigenvalue weighted by Gasteiger charge is -2.34. The molecule has 1 N–H and O–H groups in total. The molecule has 6 heteroatoms. The Kier molecular flexibility index (Phi) is 8.91. The Balaban J connectivity index is 0.00000144. The molecule has 18 heavy (non-hydrogen) atoms. The minimum Gasteiger partial charge on any atom is -0.314 e. The van der Waals surface area contributed by atoms with Crippen molar-refractivity contribution in [1.29, 1.82) is 0 Å². The quantitative estimate of drug-likeness (QED) is 0.922. The van der Waals surface area contributed by atoms with Crippen LogP contribution in [0.5, 0.6) is 0 Å². The number of piperazine rings is 1. The fourth-order valence-electron chi connectivity index (χ4n) is 2.12. The summed E-state index contributed by atoms with van der Waals surface area (Å²) in [6, 6.07) is 7.32. The lowest BCUT2D eigenvalue weighted by molar-refractivity contribution is 0.147. The molecular weight excluding hydrogens is 298 g/mol. The number of hydrogen-bond acceptors (Lipinski definition) is 2. The first kappa shape index (κ1) is 17.9. The van der Waals surface area contributed by atoms with Gasteiger partial charge in [0.1, 0.15) is 6.67 Å². The van der Waals surface area contributed by atoms with E-state index < -0.39 is 0 Å². The summed E-state index contributed by atoms with van der Waals surface area (Å²) in [6.45, 7) is 3.20. The zero-order chi connectivity index (χ0) is 11.4. The molecule has 2 rings (SSSR count). The summed E-state index contributed by atoms with van der Waals surface area (Å²) in [7, 11) is 0. The van der Waals surface area contributed by atoms with Crippen molar-refractivity contribution in [3.63, 3.8) is 0 Å². The summed E-state index contributed by atoms with van der Waals surface area (Å²) < 4.78 is 13.2. The van der Waals surface area contributed by atoms with Crippen LogP contribution in [0.1, 0.15) is 11.6 Å². The van der Waals surface area contributed by atoms with Crippen LogP contribution >= 0.6 is 36.4 Å². The third kappa shape index (κ3) is 4.25. The number of nitrogens with one attached hydrogen (secondary N) is 1. The Hall–Kier alpha value is -0.0600. The van der Waals surface area contributed by atoms with Gasteiger partial charge >= 0.3 is 0 Å². The minimum atomic E-state index is -0.385. The van der Waals surface area contributed by atoms with E-state index in [9.17, 15) is 4.39 Å². The monoisotopic (exact) mass is 314 g/mol. The summed E-state index contributed by atoms with van der Waals surface area (Å²) >= 11 is 6.11. The third-order valence-corrected chi connectivity index (χ3v) is 3.35. The Bertz CT molecular complexity index is 346. The van der Waals surface area contributed by atoms with Gasteiger partial charge in [-0.05, 0) is 11.6 Å². The standard InChI is InChI=1S/C12H16ClFN2.2ClH/c13-11-4-2-1-3-10(11)12(9-14)16-7-5-15-6-8-16;;/h1-4,12,15H,5-9H2;2*1H/t12-;;/m1../s1. The van der Waals surface area contributed by atoms with E-state index in [0.717, 1.165) is 31.7 Å². The van der Waals surface area contributed by atoms with Gasteiger partial charge in [0.25, 0.3) is 0 Å². The molecule has 0 saturated carbocycles. The van der Waals surface area contributed by atoms with E-state index in [-0.39, 0.29) is 37.5 Å². The number of halogens is 4. The Morgan fingerprint density at radius 3 is 2.39 bits per heavy atom. The average Bonchev–Trinajstić information content (AvgIpc) is 2.34. The maximum atomic E-state index is 13.2. The van der Waals surface area contributed by atoms with E-state index >= 15 is 0 Å². The van der Waals surface area contributed by atoms with Gasteiger partial charge in [-0.1, -0.05) is 29.8 Å². The number of alkyl halides is 1. The van der Waals surface area contributed by atoms with Gasteiger partial charge in [-0.15, -0.1) is 24.8 Å². The van der Waals surface area contributed by atoms with Gasteiger partial charge in [-0.25, -0.2) is 4.39 Å². The van der Waals surface area contributed by atoms with E-state index in [2.05, 4.69) is 10.2 Å². The zero-order valence-corrected chi connectivity index (χ0v) is 12.3. The molecule has 1 heterocycles. The zero-order valence-electron chi connectivity index (χ0n) is 9.94. The van der Waals surface area contributed by atoms with Crippen molar-refractivity contribution in [2.24, 2.45) is 0 Å². The predicted molar refractivity (Wildman–Crippen MR) is 79.1 cm³/mol. The van der Waals surface area contributed by atoms with Crippen molar-refractivity contribution in [2.75, 3.05) is 32.9 Å². The van der Waals surface area contributed by atoms with Crippen LogP contribution in [-0.4, -0.2) is 37.8 Å². The fraction of sp³-hybridized carbons (Fsp3) is 0.500. The van der Waals surface area contributed by atoms with E-state index in [1.165, 1.54) is 0 Å². The van der Waals surface area contributed by atoms with Gasteiger partial charge in [0, 0.05) is 31.2 Å². The van der Waals surface area contributed by atoms with E-state index in [1.54, 1.807) is 0 Å². The van der Waals surface area contributed by atoms with Gasteiger partial charge in [0.05, 0.1) is 6.04 Å². The lowest BCUT2D eigenvalue weighted by atomic mass is 10.1. The lowest BCUT2D eigenvalue weighted by Crippen LogP contribution is -2.45. The molecule has 0 aromatic heterocycles. The molecule has 0 aliphatic carbocycles. The molecule has 0 spiro atoms. The molecule has 0 amide bonds. The summed E-state index contributed by atoms with van der Waals surface area (Å²) in [6.07, 6.45) is 0. The number of nitrogens with zero attached hydrogens (tertiary/aromatic N) is 1. The van der Waals surface area contributed by atoms with Gasteiger partial charge in [0.2, 0.25) is 0 Å². The van der Waals surface area contributed by atoms with Gasteiger partial charge in [-0.3, -0.25) is 4.90 Å². The Morgan fingerprint density at radius 1 is 1.22 bits per heavy atom. The number of rotatable bonds is 3. The van der Waals surface area contributed by atoms with Crippen LogP contribution in [-0.2, 0) is 0 Å². The van der Waals surface area contributed by atoms with Crippen LogP contribution in [0, 0.1) is 0 Å². The second-order valence-electron chi connectivity index (χ2n) is 3.98. The largest absolute Gasteiger partial charge is 0.314 e. The van der Waals surface area contributed by atoms with Gasteiger partial charge in [0.15, 0.2) is 0 Å². The molecule has 1 aromatic rings. The third-order valence-electron chi connectivity index (χ3n) is 3.00. The summed E-state index contributed by atoms with van der Waals surface area (Å²) in [4.78, 5) is 2.15. The van der Waals surface area contributed by atoms with E-state index in [1.807, 2.05) is 24.3 Å². The van der Waals surface area contributed by atoms with Crippen molar-refractivity contribution in [1.82, 2.24) is 10.2 Å². The molecule has 1 saturated heterocycles. The summed E-state index contributed by atoms with van der Waals surface area (Å²) in [5, 5.41) is 3.92. The summed E-state index contributed by atoms with van der Waals surface area (Å²) in [5.74, 6) is 0. The highest BCUT2D eigenvalue weighted by Crippen LogP contribution is 2.27. The van der Waals surface area contributed by atoms with Gasteiger partial charge in [-0.2, -0.15) is 0 Å². The number of benzene rings is 1. The molecular formula is C12H18Cl3FN2. The van der Waals surface area contributed by atoms with Crippen molar-refractivity contribution in [3.8, 4) is 0 Å². The highest BCUT2D eigenvalue weighted by Gasteiger charge is 2.23. The molecule has 0 bridgehead atoms. The highest BCUT2D eigenvalue weighted by atomic mass is 35.5. The minimum absolute atomic E-state index is 0. The van der Waals surface area contributed by atoms with Crippen molar-refractivity contribution in [2.45, 2.75) is 6.04 Å². The fourth-order valence-corrected chi connectivity index (χ4v) is 2.38. The molecule has 104 valence electrons. The van der Waals surface area contributed by atoms with Crippen molar-refractivity contribution in [3.05, 3.63) is 34.9 Å². The van der Waals surface area contributed by atoms with Crippen LogP contribution < -0.4 is 5.32 Å². The molecule has 0 unspecified atom stereocenters. The highest BCUT2D eigenvalue weighted by molar-refractivity contribution is 6.31. The average molecular weight is 316 g/mol. The van der Waals surface area contributed by atoms with Crippen LogP contribution in [0.3, 0.4) is 0 Å². The van der Waals surface area contributed by atoms with Crippen LogP contribution in [0.15, 0.2) is 24.3 Å². The molecule has 1 fully saturated rings. The Morgan fingerprint density at radius 2 is 1.83 bits per heavy atom. The van der Waals surface area contributed by atoms with E-state index in [4.69, 9.17) is 11.6 Å². The molecule has 1 atom stereocenters.